The monoisotopic (exact) mass is 297 g/mol. The van der Waals surface area contributed by atoms with Crippen molar-refractivity contribution in [3.8, 4) is 5.75 Å². The molecule has 0 atom stereocenters. The fourth-order valence-electron chi connectivity index (χ4n) is 1.55. The third kappa shape index (κ3) is 4.75. The van der Waals surface area contributed by atoms with Crippen molar-refractivity contribution in [3.05, 3.63) is 54.1 Å². The molecule has 1 amide bonds. The Morgan fingerprint density at radius 1 is 1.29 bits per heavy atom. The van der Waals surface area contributed by atoms with Crippen LogP contribution >= 0.6 is 0 Å². The Morgan fingerprint density at radius 3 is 2.76 bits per heavy atom. The molecule has 1 aromatic carbocycles. The minimum Gasteiger partial charge on any atom is -0.406 e. The fraction of sp³-hybridized carbons (Fsp3) is 0.154. The highest BCUT2D eigenvalue weighted by Gasteiger charge is 2.31. The normalized spacial score (nSPS) is 11.0. The lowest BCUT2D eigenvalue weighted by Crippen LogP contribution is -2.24. The number of benzene rings is 1. The van der Waals surface area contributed by atoms with Gasteiger partial charge < -0.3 is 10.1 Å². The molecule has 8 heteroatoms. The molecule has 2 aromatic rings. The van der Waals surface area contributed by atoms with Crippen LogP contribution in [0.3, 0.4) is 0 Å². The number of aromatic nitrogens is 2. The molecule has 0 fully saturated rings. The fourth-order valence-corrected chi connectivity index (χ4v) is 1.55. The number of alkyl halides is 3. The Bertz CT molecular complexity index is 618. The molecule has 0 unspecified atom stereocenters. The zero-order valence-corrected chi connectivity index (χ0v) is 10.6. The predicted octanol–water partition coefficient (Wildman–Crippen LogP) is 2.31. The Kier molecular flexibility index (Phi) is 4.36. The second kappa shape index (κ2) is 6.21. The minimum atomic E-state index is -4.75. The first kappa shape index (κ1) is 14.8. The number of carbonyl (C=O) groups is 1. The zero-order chi connectivity index (χ0) is 15.3. The summed E-state index contributed by atoms with van der Waals surface area (Å²) in [6, 6.07) is 6.80. The summed E-state index contributed by atoms with van der Waals surface area (Å²) < 4.78 is 40.1. The molecular weight excluding hydrogens is 287 g/mol. The quantitative estimate of drug-likeness (QED) is 0.940. The number of nitrogens with zero attached hydrogens (tertiary/aromatic N) is 2. The van der Waals surface area contributed by atoms with Crippen molar-refractivity contribution in [2.24, 2.45) is 0 Å². The molecule has 0 aliphatic heterocycles. The third-order valence-electron chi connectivity index (χ3n) is 2.40. The van der Waals surface area contributed by atoms with E-state index in [0.29, 0.717) is 5.56 Å². The number of rotatable bonds is 4. The van der Waals surface area contributed by atoms with E-state index in [1.165, 1.54) is 36.8 Å². The topological polar surface area (TPSA) is 64.1 Å². The van der Waals surface area contributed by atoms with Gasteiger partial charge in [0.1, 0.15) is 17.8 Å². The van der Waals surface area contributed by atoms with Crippen molar-refractivity contribution < 1.29 is 22.7 Å². The molecule has 0 aliphatic rings. The number of hydrogen-bond acceptors (Lipinski definition) is 4. The van der Waals surface area contributed by atoms with Crippen LogP contribution in [-0.2, 0) is 6.54 Å². The number of ether oxygens (including phenoxy) is 1. The number of amides is 1. The minimum absolute atomic E-state index is 0.0535. The maximum Gasteiger partial charge on any atom is 0.573 e. The summed E-state index contributed by atoms with van der Waals surface area (Å²) in [6.07, 6.45) is -2.10. The third-order valence-corrected chi connectivity index (χ3v) is 2.40. The van der Waals surface area contributed by atoms with E-state index in [9.17, 15) is 18.0 Å². The number of hydrogen-bond donors (Lipinski definition) is 1. The highest BCUT2D eigenvalue weighted by molar-refractivity contribution is 5.91. The molecule has 110 valence electrons. The van der Waals surface area contributed by atoms with Crippen LogP contribution in [0.2, 0.25) is 0 Å². The molecule has 1 aromatic heterocycles. The first-order valence-corrected chi connectivity index (χ1v) is 5.83. The summed E-state index contributed by atoms with van der Waals surface area (Å²) in [5.41, 5.74) is 0.645. The predicted molar refractivity (Wildman–Crippen MR) is 66.3 cm³/mol. The van der Waals surface area contributed by atoms with Crippen LogP contribution in [0.25, 0.3) is 0 Å². The smallest absolute Gasteiger partial charge is 0.406 e. The Morgan fingerprint density at radius 2 is 2.10 bits per heavy atom. The van der Waals surface area contributed by atoms with Crippen LogP contribution in [0.15, 0.2) is 42.9 Å². The molecule has 0 spiro atoms. The average Bonchev–Trinajstić information content (AvgIpc) is 2.44. The number of nitrogens with one attached hydrogen (secondary N) is 1. The number of halogens is 3. The Balaban J connectivity index is 1.97. The standard InChI is InChI=1S/C13H10F3N3O2/c14-13(15,16)21-10-3-1-2-9(6-10)7-18-12(20)11-4-5-17-8-19-11/h1-6,8H,7H2,(H,18,20). The molecule has 0 aliphatic carbocycles. The molecule has 2 rings (SSSR count). The molecule has 1 heterocycles. The highest BCUT2D eigenvalue weighted by Crippen LogP contribution is 2.23. The van der Waals surface area contributed by atoms with Crippen molar-refractivity contribution in [2.75, 3.05) is 0 Å². The van der Waals surface area contributed by atoms with Gasteiger partial charge in [0, 0.05) is 12.7 Å². The Hall–Kier alpha value is -2.64. The second-order valence-electron chi connectivity index (χ2n) is 3.97. The summed E-state index contributed by atoms with van der Waals surface area (Å²) in [7, 11) is 0. The summed E-state index contributed by atoms with van der Waals surface area (Å²) in [4.78, 5) is 19.2. The van der Waals surface area contributed by atoms with Crippen LogP contribution in [0.4, 0.5) is 13.2 Å². The van der Waals surface area contributed by atoms with Crippen LogP contribution in [0, 0.1) is 0 Å². The van der Waals surface area contributed by atoms with Gasteiger partial charge >= 0.3 is 6.36 Å². The van der Waals surface area contributed by atoms with Crippen LogP contribution in [0.1, 0.15) is 16.1 Å². The van der Waals surface area contributed by atoms with Crippen LogP contribution in [0.5, 0.6) is 5.75 Å². The van der Waals surface area contributed by atoms with Gasteiger partial charge in [-0.25, -0.2) is 9.97 Å². The van der Waals surface area contributed by atoms with E-state index < -0.39 is 12.3 Å². The molecule has 0 saturated heterocycles. The van der Waals surface area contributed by atoms with Gasteiger partial charge in [0.25, 0.3) is 5.91 Å². The van der Waals surface area contributed by atoms with Gasteiger partial charge in [0.05, 0.1) is 0 Å². The summed E-state index contributed by atoms with van der Waals surface area (Å²) in [6.45, 7) is 0.0535. The van der Waals surface area contributed by atoms with E-state index in [1.807, 2.05) is 0 Å². The van der Waals surface area contributed by atoms with E-state index >= 15 is 0 Å². The first-order valence-electron chi connectivity index (χ1n) is 5.83. The van der Waals surface area contributed by atoms with Gasteiger partial charge in [-0.2, -0.15) is 0 Å². The van der Waals surface area contributed by atoms with E-state index in [0.717, 1.165) is 0 Å². The molecule has 0 bridgehead atoms. The lowest BCUT2D eigenvalue weighted by molar-refractivity contribution is -0.274. The summed E-state index contributed by atoms with van der Waals surface area (Å²) in [5, 5.41) is 2.54. The van der Waals surface area contributed by atoms with Crippen molar-refractivity contribution >= 4 is 5.91 Å². The van der Waals surface area contributed by atoms with Crippen molar-refractivity contribution in [2.45, 2.75) is 12.9 Å². The van der Waals surface area contributed by atoms with Gasteiger partial charge in [0.15, 0.2) is 0 Å². The van der Waals surface area contributed by atoms with Crippen molar-refractivity contribution in [1.82, 2.24) is 15.3 Å². The van der Waals surface area contributed by atoms with E-state index in [2.05, 4.69) is 20.0 Å². The largest absolute Gasteiger partial charge is 0.573 e. The maximum absolute atomic E-state index is 12.1. The Labute approximate surface area is 117 Å². The van der Waals surface area contributed by atoms with Gasteiger partial charge in [0.2, 0.25) is 0 Å². The molecule has 0 saturated carbocycles. The SMILES string of the molecule is O=C(NCc1cccc(OC(F)(F)F)c1)c1ccncn1. The van der Waals surface area contributed by atoms with E-state index in [1.54, 1.807) is 6.07 Å². The van der Waals surface area contributed by atoms with Crippen molar-refractivity contribution in [3.63, 3.8) is 0 Å². The van der Waals surface area contributed by atoms with Gasteiger partial charge in [-0.3, -0.25) is 4.79 Å². The summed E-state index contributed by atoms with van der Waals surface area (Å²) >= 11 is 0. The number of carbonyl (C=O) groups excluding carboxylic acids is 1. The molecule has 1 N–H and O–H groups in total. The molecule has 5 nitrogen and oxygen atoms in total. The van der Waals surface area contributed by atoms with E-state index in [4.69, 9.17) is 0 Å². The summed E-state index contributed by atoms with van der Waals surface area (Å²) in [5.74, 6) is -0.782. The maximum atomic E-state index is 12.1. The highest BCUT2D eigenvalue weighted by atomic mass is 19.4. The zero-order valence-electron chi connectivity index (χ0n) is 10.6. The lowest BCUT2D eigenvalue weighted by Gasteiger charge is -2.10. The molecular formula is C13H10F3N3O2. The van der Waals surface area contributed by atoms with Gasteiger partial charge in [-0.05, 0) is 23.8 Å². The van der Waals surface area contributed by atoms with Gasteiger partial charge in [-0.1, -0.05) is 12.1 Å². The van der Waals surface area contributed by atoms with Crippen LogP contribution in [-0.4, -0.2) is 22.2 Å². The molecule has 0 radical (unpaired) electrons. The second-order valence-corrected chi connectivity index (χ2v) is 3.97. The van der Waals surface area contributed by atoms with Crippen LogP contribution < -0.4 is 10.1 Å². The van der Waals surface area contributed by atoms with Gasteiger partial charge in [-0.15, -0.1) is 13.2 Å². The van der Waals surface area contributed by atoms with Crippen molar-refractivity contribution in [1.29, 1.82) is 0 Å². The van der Waals surface area contributed by atoms with E-state index in [-0.39, 0.29) is 18.0 Å². The lowest BCUT2D eigenvalue weighted by atomic mass is 10.2. The average molecular weight is 297 g/mol. The molecule has 21 heavy (non-hydrogen) atoms. The first-order chi connectivity index (χ1) is 9.94.